The zero-order valence-corrected chi connectivity index (χ0v) is 24.6. The molecule has 3 aromatic carbocycles. The van der Waals surface area contributed by atoms with Crippen LogP contribution in [0.2, 0.25) is 0 Å². The van der Waals surface area contributed by atoms with Gasteiger partial charge >= 0.3 is 0 Å². The van der Waals surface area contributed by atoms with Crippen molar-refractivity contribution in [3.8, 4) is 28.3 Å². The largest absolute Gasteiger partial charge is 0.383 e. The number of nitrogens with zero attached hydrogens (tertiary/aromatic N) is 4. The zero-order valence-electron chi connectivity index (χ0n) is 23.8. The lowest BCUT2D eigenvalue weighted by atomic mass is 10.1. The summed E-state index contributed by atoms with van der Waals surface area (Å²) in [4.78, 5) is 26.0. The number of fused-ring (bicyclic) bond motifs is 1. The van der Waals surface area contributed by atoms with Crippen LogP contribution in [0.25, 0.3) is 39.5 Å². The topological polar surface area (TPSA) is 145 Å². The molecule has 6 aromatic rings. The number of benzene rings is 3. The van der Waals surface area contributed by atoms with Gasteiger partial charge in [-0.2, -0.15) is 0 Å². The molecule has 0 radical (unpaired) electrons. The second kappa shape index (κ2) is 12.1. The van der Waals surface area contributed by atoms with Crippen LogP contribution in [0.1, 0.15) is 12.5 Å². The van der Waals surface area contributed by atoms with Crippen LogP contribution in [0, 0.1) is 0 Å². The number of hydrogen-bond donors (Lipinski definition) is 3. The Hall–Kier alpha value is -5.39. The third kappa shape index (κ3) is 6.05. The summed E-state index contributed by atoms with van der Waals surface area (Å²) in [5.41, 5.74) is 12.2. The van der Waals surface area contributed by atoms with E-state index in [1.807, 2.05) is 71.3 Å². The van der Waals surface area contributed by atoms with Crippen LogP contribution in [0.3, 0.4) is 0 Å². The molecule has 3 aromatic heterocycles. The number of imidazole rings is 1. The van der Waals surface area contributed by atoms with E-state index >= 15 is 0 Å². The van der Waals surface area contributed by atoms with Gasteiger partial charge in [0, 0.05) is 36.6 Å². The lowest BCUT2D eigenvalue weighted by Crippen LogP contribution is -2.25. The minimum Gasteiger partial charge on any atom is -0.383 e. The van der Waals surface area contributed by atoms with Gasteiger partial charge in [0.05, 0.1) is 16.2 Å². The molecule has 44 heavy (non-hydrogen) atoms. The molecule has 0 unspecified atom stereocenters. The van der Waals surface area contributed by atoms with Crippen molar-refractivity contribution in [1.82, 2.24) is 24.2 Å². The Morgan fingerprint density at radius 3 is 2.43 bits per heavy atom. The second-order valence-electron chi connectivity index (χ2n) is 10.1. The number of anilines is 2. The summed E-state index contributed by atoms with van der Waals surface area (Å²) >= 11 is 0. The number of rotatable bonds is 9. The van der Waals surface area contributed by atoms with E-state index in [0.29, 0.717) is 46.2 Å². The number of nitrogen functional groups attached to an aromatic ring is 1. The predicted octanol–water partition coefficient (Wildman–Crippen LogP) is 5.21. The van der Waals surface area contributed by atoms with E-state index < -0.39 is 10.0 Å². The Labute approximate surface area is 254 Å². The first-order valence-electron chi connectivity index (χ1n) is 13.9. The molecule has 3 heterocycles. The van der Waals surface area contributed by atoms with Gasteiger partial charge < -0.3 is 11.1 Å². The molecule has 0 saturated heterocycles. The molecular formula is C33H29N7O3S. The van der Waals surface area contributed by atoms with Gasteiger partial charge in [-0.3, -0.25) is 9.36 Å². The van der Waals surface area contributed by atoms with Gasteiger partial charge in [0.25, 0.3) is 0 Å². The molecule has 0 fully saturated rings. The van der Waals surface area contributed by atoms with Gasteiger partial charge in [-0.25, -0.2) is 28.1 Å². The van der Waals surface area contributed by atoms with E-state index in [-0.39, 0.29) is 17.3 Å². The Morgan fingerprint density at radius 1 is 0.886 bits per heavy atom. The molecule has 10 nitrogen and oxygen atoms in total. The summed E-state index contributed by atoms with van der Waals surface area (Å²) in [6.45, 7) is 1.72. The number of hydrogen-bond acceptors (Lipinski definition) is 7. The number of sulfonamides is 1. The number of nitrogens with one attached hydrogen (secondary N) is 2. The van der Waals surface area contributed by atoms with Crippen LogP contribution in [-0.2, 0) is 21.2 Å². The lowest BCUT2D eigenvalue weighted by Gasteiger charge is -2.12. The first kappa shape index (κ1) is 28.7. The molecule has 0 spiro atoms. The normalized spacial score (nSPS) is 11.5. The summed E-state index contributed by atoms with van der Waals surface area (Å²) in [6, 6.07) is 31.1. The quantitative estimate of drug-likeness (QED) is 0.206. The SMILES string of the molecule is CC(=O)Nc1cccc(-c2ccc3nc(-c4cccnc4N)n(-c4ccc(CCNS(=O)(=O)c5ccccc5)cc4)c3n2)c1. The summed E-state index contributed by atoms with van der Waals surface area (Å²) in [7, 11) is -3.58. The number of pyridine rings is 2. The maximum Gasteiger partial charge on any atom is 0.240 e. The van der Waals surface area contributed by atoms with E-state index in [9.17, 15) is 13.2 Å². The fourth-order valence-corrected chi connectivity index (χ4v) is 5.99. The molecule has 0 bridgehead atoms. The minimum atomic E-state index is -3.58. The average Bonchev–Trinajstić information content (AvgIpc) is 3.40. The van der Waals surface area contributed by atoms with Crippen LogP contribution in [-0.4, -0.2) is 40.4 Å². The maximum atomic E-state index is 12.6. The summed E-state index contributed by atoms with van der Waals surface area (Å²) in [6.07, 6.45) is 2.14. The molecular weight excluding hydrogens is 574 g/mol. The van der Waals surface area contributed by atoms with E-state index in [4.69, 9.17) is 15.7 Å². The van der Waals surface area contributed by atoms with Gasteiger partial charge in [0.1, 0.15) is 11.3 Å². The molecule has 220 valence electrons. The van der Waals surface area contributed by atoms with Crippen molar-refractivity contribution in [2.45, 2.75) is 18.2 Å². The van der Waals surface area contributed by atoms with E-state index in [1.54, 1.807) is 42.6 Å². The van der Waals surface area contributed by atoms with Crippen LogP contribution in [0.5, 0.6) is 0 Å². The van der Waals surface area contributed by atoms with Gasteiger partial charge in [-0.1, -0.05) is 42.5 Å². The lowest BCUT2D eigenvalue weighted by molar-refractivity contribution is -0.114. The van der Waals surface area contributed by atoms with Crippen LogP contribution in [0.15, 0.2) is 114 Å². The number of carbonyl (C=O) groups is 1. The smallest absolute Gasteiger partial charge is 0.240 e. The number of carbonyl (C=O) groups excluding carboxylic acids is 1. The van der Waals surface area contributed by atoms with E-state index in [1.165, 1.54) is 6.92 Å². The zero-order chi connectivity index (χ0) is 30.7. The Balaban J connectivity index is 1.35. The number of nitrogens with two attached hydrogens (primary N) is 1. The molecule has 0 aliphatic rings. The third-order valence-corrected chi connectivity index (χ3v) is 8.49. The van der Waals surface area contributed by atoms with Gasteiger partial charge in [0.15, 0.2) is 11.5 Å². The monoisotopic (exact) mass is 603 g/mol. The Morgan fingerprint density at radius 2 is 1.68 bits per heavy atom. The van der Waals surface area contributed by atoms with Crippen LogP contribution >= 0.6 is 0 Å². The predicted molar refractivity (Wildman–Crippen MR) is 172 cm³/mol. The van der Waals surface area contributed by atoms with Crippen molar-refractivity contribution in [2.24, 2.45) is 0 Å². The van der Waals surface area contributed by atoms with Crippen molar-refractivity contribution >= 4 is 38.6 Å². The Bertz CT molecular complexity index is 2080. The molecule has 0 aliphatic heterocycles. The standard InChI is InChI=1S/C33H29N7O3S/c1-22(41)37-25-8-5-7-24(21-25)29-16-17-30-33(38-29)40(32(39-30)28-11-6-19-35-31(28)34)26-14-12-23(13-15-26)18-20-36-44(42,43)27-9-3-2-4-10-27/h2-17,19,21,36H,18,20H2,1H3,(H2,34,35)(H,37,41). The highest BCUT2D eigenvalue weighted by atomic mass is 32.2. The fraction of sp³-hybridized carbons (Fsp3) is 0.0909. The number of aromatic nitrogens is 4. The molecule has 6 rings (SSSR count). The van der Waals surface area contributed by atoms with Crippen molar-refractivity contribution in [1.29, 1.82) is 0 Å². The van der Waals surface area contributed by atoms with Crippen LogP contribution < -0.4 is 15.8 Å². The molecule has 1 amide bonds. The van der Waals surface area contributed by atoms with Gasteiger partial charge in [-0.15, -0.1) is 0 Å². The first-order chi connectivity index (χ1) is 21.3. The molecule has 4 N–H and O–H groups in total. The molecule has 0 aliphatic carbocycles. The summed E-state index contributed by atoms with van der Waals surface area (Å²) < 4.78 is 29.8. The Kier molecular flexibility index (Phi) is 7.88. The highest BCUT2D eigenvalue weighted by molar-refractivity contribution is 7.89. The van der Waals surface area contributed by atoms with Crippen molar-refractivity contribution in [3.05, 3.63) is 115 Å². The van der Waals surface area contributed by atoms with Crippen molar-refractivity contribution < 1.29 is 13.2 Å². The second-order valence-corrected chi connectivity index (χ2v) is 11.9. The first-order valence-corrected chi connectivity index (χ1v) is 15.4. The van der Waals surface area contributed by atoms with E-state index in [0.717, 1.165) is 16.8 Å². The average molecular weight is 604 g/mol. The highest BCUT2D eigenvalue weighted by Gasteiger charge is 2.19. The van der Waals surface area contributed by atoms with E-state index in [2.05, 4.69) is 15.0 Å². The molecule has 0 atom stereocenters. The van der Waals surface area contributed by atoms with Crippen molar-refractivity contribution in [3.63, 3.8) is 0 Å². The van der Waals surface area contributed by atoms with Gasteiger partial charge in [0.2, 0.25) is 15.9 Å². The third-order valence-electron chi connectivity index (χ3n) is 7.02. The molecule has 0 saturated carbocycles. The molecule has 11 heteroatoms. The summed E-state index contributed by atoms with van der Waals surface area (Å²) in [5, 5.41) is 2.81. The maximum absolute atomic E-state index is 12.6. The minimum absolute atomic E-state index is 0.153. The summed E-state index contributed by atoms with van der Waals surface area (Å²) in [5.74, 6) is 0.777. The number of amides is 1. The van der Waals surface area contributed by atoms with Crippen LogP contribution in [0.4, 0.5) is 11.5 Å². The van der Waals surface area contributed by atoms with Gasteiger partial charge in [-0.05, 0) is 72.6 Å². The van der Waals surface area contributed by atoms with Crippen molar-refractivity contribution in [2.75, 3.05) is 17.6 Å². The fourth-order valence-electron chi connectivity index (χ4n) is 4.93. The highest BCUT2D eigenvalue weighted by Crippen LogP contribution is 2.32.